The second kappa shape index (κ2) is 7.89. The quantitative estimate of drug-likeness (QED) is 0.734. The molecule has 1 heterocycles. The Balaban J connectivity index is 1.37. The number of ether oxygens (including phenoxy) is 2. The molecule has 27 heavy (non-hydrogen) atoms. The Kier molecular flexibility index (Phi) is 5.35. The van der Waals surface area contributed by atoms with Crippen LogP contribution in [0.5, 0.6) is 5.75 Å². The van der Waals surface area contributed by atoms with Gasteiger partial charge in [0.25, 0.3) is 0 Å². The van der Waals surface area contributed by atoms with E-state index >= 15 is 0 Å². The predicted octanol–water partition coefficient (Wildman–Crippen LogP) is 4.40. The Morgan fingerprint density at radius 2 is 1.74 bits per heavy atom. The molecule has 0 N–H and O–H groups in total. The molecule has 0 bridgehead atoms. The highest BCUT2D eigenvalue weighted by molar-refractivity contribution is 5.84. The van der Waals surface area contributed by atoms with Gasteiger partial charge in [-0.2, -0.15) is 0 Å². The lowest BCUT2D eigenvalue weighted by atomic mass is 9.89. The minimum Gasteiger partial charge on any atom is -0.490 e. The fourth-order valence-corrected chi connectivity index (χ4v) is 4.26. The maximum atomic E-state index is 11.5. The van der Waals surface area contributed by atoms with Gasteiger partial charge in [-0.25, -0.2) is 0 Å². The fourth-order valence-electron chi connectivity index (χ4n) is 4.26. The van der Waals surface area contributed by atoms with E-state index in [0.717, 1.165) is 31.3 Å². The van der Waals surface area contributed by atoms with Crippen LogP contribution in [-0.2, 0) is 16.1 Å². The first-order valence-corrected chi connectivity index (χ1v) is 10.1. The van der Waals surface area contributed by atoms with Gasteiger partial charge in [-0.05, 0) is 66.1 Å². The predicted molar refractivity (Wildman–Crippen MR) is 107 cm³/mol. The third kappa shape index (κ3) is 4.27. The van der Waals surface area contributed by atoms with Crippen molar-refractivity contribution in [1.82, 2.24) is 4.90 Å². The summed E-state index contributed by atoms with van der Waals surface area (Å²) in [7, 11) is 1.46. The lowest BCUT2D eigenvalue weighted by Crippen LogP contribution is -2.49. The number of rotatable bonds is 5. The number of methoxy groups -OCH3 is 1. The van der Waals surface area contributed by atoms with Gasteiger partial charge in [0.15, 0.2) is 0 Å². The zero-order valence-corrected chi connectivity index (χ0v) is 16.3. The highest BCUT2D eigenvalue weighted by Gasteiger charge is 2.33. The summed E-state index contributed by atoms with van der Waals surface area (Å²) in [6.07, 6.45) is 5.25. The summed E-state index contributed by atoms with van der Waals surface area (Å²) in [5, 5.41) is 2.46. The number of carbonyl (C=O) groups excluding carboxylic acids is 1. The van der Waals surface area contributed by atoms with Gasteiger partial charge in [0, 0.05) is 19.6 Å². The van der Waals surface area contributed by atoms with Gasteiger partial charge >= 0.3 is 5.97 Å². The molecule has 2 aromatic rings. The molecule has 2 aromatic carbocycles. The van der Waals surface area contributed by atoms with Crippen LogP contribution in [0.15, 0.2) is 36.4 Å². The highest BCUT2D eigenvalue weighted by atomic mass is 16.5. The Labute approximate surface area is 161 Å². The summed E-state index contributed by atoms with van der Waals surface area (Å²) in [4.78, 5) is 13.8. The van der Waals surface area contributed by atoms with Gasteiger partial charge in [0.2, 0.25) is 0 Å². The third-order valence-electron chi connectivity index (χ3n) is 6.04. The van der Waals surface area contributed by atoms with Crippen LogP contribution < -0.4 is 4.74 Å². The summed E-state index contributed by atoms with van der Waals surface area (Å²) in [5.41, 5.74) is 1.28. The molecule has 0 spiro atoms. The molecule has 4 rings (SSSR count). The van der Waals surface area contributed by atoms with Crippen LogP contribution in [0.25, 0.3) is 10.8 Å². The van der Waals surface area contributed by atoms with Crippen molar-refractivity contribution in [3.05, 3.63) is 42.0 Å². The summed E-state index contributed by atoms with van der Waals surface area (Å²) in [6.45, 7) is 4.79. The summed E-state index contributed by atoms with van der Waals surface area (Å²) < 4.78 is 11.0. The van der Waals surface area contributed by atoms with Crippen molar-refractivity contribution >= 4 is 16.7 Å². The minimum absolute atomic E-state index is 0.0398. The van der Waals surface area contributed by atoms with Crippen molar-refractivity contribution in [2.75, 3.05) is 20.2 Å². The van der Waals surface area contributed by atoms with Crippen molar-refractivity contribution in [3.63, 3.8) is 0 Å². The minimum atomic E-state index is -0.0929. The first-order chi connectivity index (χ1) is 13.1. The molecule has 1 aliphatic carbocycles. The monoisotopic (exact) mass is 367 g/mol. The van der Waals surface area contributed by atoms with Crippen LogP contribution in [0, 0.1) is 11.8 Å². The van der Waals surface area contributed by atoms with E-state index in [1.54, 1.807) is 0 Å². The van der Waals surface area contributed by atoms with Crippen LogP contribution in [0.1, 0.15) is 38.2 Å². The lowest BCUT2D eigenvalue weighted by molar-refractivity contribution is -0.151. The number of carbonyl (C=O) groups is 1. The maximum absolute atomic E-state index is 11.5. The van der Waals surface area contributed by atoms with Crippen LogP contribution in [0.2, 0.25) is 0 Å². The number of esters is 1. The Morgan fingerprint density at radius 1 is 1.04 bits per heavy atom. The summed E-state index contributed by atoms with van der Waals surface area (Å²) >= 11 is 0. The molecule has 0 radical (unpaired) electrons. The molecular formula is C23H29NO3. The second-order valence-corrected chi connectivity index (χ2v) is 8.26. The molecule has 1 saturated carbocycles. The van der Waals surface area contributed by atoms with E-state index in [4.69, 9.17) is 9.47 Å². The van der Waals surface area contributed by atoms with E-state index in [9.17, 15) is 4.79 Å². The molecule has 0 aromatic heterocycles. The number of likely N-dealkylation sites (tertiary alicyclic amines) is 1. The molecule has 144 valence electrons. The molecule has 0 unspecified atom stereocenters. The van der Waals surface area contributed by atoms with Crippen LogP contribution >= 0.6 is 0 Å². The van der Waals surface area contributed by atoms with Gasteiger partial charge in [-0.15, -0.1) is 0 Å². The first kappa shape index (κ1) is 18.3. The normalized spacial score (nSPS) is 23.8. The van der Waals surface area contributed by atoms with Crippen molar-refractivity contribution in [2.24, 2.45) is 11.8 Å². The maximum Gasteiger partial charge on any atom is 0.311 e. The van der Waals surface area contributed by atoms with E-state index in [-0.39, 0.29) is 11.9 Å². The molecule has 2 aliphatic rings. The van der Waals surface area contributed by atoms with Gasteiger partial charge in [-0.1, -0.05) is 25.1 Å². The summed E-state index contributed by atoms with van der Waals surface area (Å²) in [5.74, 6) is 1.77. The average Bonchev–Trinajstić information content (AvgIpc) is 2.65. The van der Waals surface area contributed by atoms with Gasteiger partial charge in [0.1, 0.15) is 5.75 Å². The van der Waals surface area contributed by atoms with E-state index < -0.39 is 0 Å². The first-order valence-electron chi connectivity index (χ1n) is 10.1. The Hall–Kier alpha value is -2.07. The van der Waals surface area contributed by atoms with Crippen molar-refractivity contribution in [3.8, 4) is 5.75 Å². The molecular weight excluding hydrogens is 338 g/mol. The second-order valence-electron chi connectivity index (χ2n) is 8.26. The fraction of sp³-hybridized carbons (Fsp3) is 0.522. The number of nitrogens with zero attached hydrogens (tertiary/aromatic N) is 1. The smallest absolute Gasteiger partial charge is 0.311 e. The van der Waals surface area contributed by atoms with Crippen LogP contribution in [0.3, 0.4) is 0 Å². The zero-order chi connectivity index (χ0) is 18.8. The largest absolute Gasteiger partial charge is 0.490 e. The van der Waals surface area contributed by atoms with E-state index in [1.807, 2.05) is 0 Å². The molecule has 0 amide bonds. The number of hydrogen-bond donors (Lipinski definition) is 0. The topological polar surface area (TPSA) is 38.8 Å². The third-order valence-corrected chi connectivity index (χ3v) is 6.04. The van der Waals surface area contributed by atoms with Crippen molar-refractivity contribution in [1.29, 1.82) is 0 Å². The molecule has 0 atom stereocenters. The lowest BCUT2D eigenvalue weighted by Gasteiger charge is -2.37. The molecule has 1 saturated heterocycles. The number of fused-ring (bicyclic) bond motifs is 1. The van der Waals surface area contributed by atoms with E-state index in [0.29, 0.717) is 6.10 Å². The number of benzene rings is 2. The van der Waals surface area contributed by atoms with Crippen molar-refractivity contribution in [2.45, 2.75) is 45.3 Å². The van der Waals surface area contributed by atoms with Crippen LogP contribution in [0.4, 0.5) is 0 Å². The zero-order valence-electron chi connectivity index (χ0n) is 16.3. The number of hydrogen-bond acceptors (Lipinski definition) is 4. The van der Waals surface area contributed by atoms with E-state index in [1.165, 1.54) is 49.1 Å². The van der Waals surface area contributed by atoms with Gasteiger partial charge < -0.3 is 9.47 Å². The molecule has 1 aliphatic heterocycles. The van der Waals surface area contributed by atoms with Crippen molar-refractivity contribution < 1.29 is 14.3 Å². The molecule has 2 fully saturated rings. The standard InChI is InChI=1S/C23H29NO3/c1-16-3-8-21(9-4-16)27-22-10-7-18-11-17(5-6-19(18)12-22)13-24-14-20(15-24)23(25)26-2/h5-7,10-12,16,20-21H,3-4,8-9,13-15H2,1-2H3. The van der Waals surface area contributed by atoms with Crippen LogP contribution in [-0.4, -0.2) is 37.2 Å². The van der Waals surface area contributed by atoms with Gasteiger partial charge in [-0.3, -0.25) is 9.69 Å². The average molecular weight is 367 g/mol. The summed E-state index contributed by atoms with van der Waals surface area (Å²) in [6, 6.07) is 13.0. The SMILES string of the molecule is COC(=O)C1CN(Cc2ccc3cc(OC4CCC(C)CC4)ccc3c2)C1. The van der Waals surface area contributed by atoms with Gasteiger partial charge in [0.05, 0.1) is 19.1 Å². The Bertz CT molecular complexity index is 804. The molecule has 4 nitrogen and oxygen atoms in total. The molecule has 4 heteroatoms. The van der Waals surface area contributed by atoms with E-state index in [2.05, 4.69) is 48.2 Å². The highest BCUT2D eigenvalue weighted by Crippen LogP contribution is 2.29. The Morgan fingerprint density at radius 3 is 2.48 bits per heavy atom.